The van der Waals surface area contributed by atoms with Gasteiger partial charge in [-0.2, -0.15) is 0 Å². The standard InChI is InChI=1S/C20H30N2O/c1-2-22(12-11-15-7-4-3-5-8-15)20(23)18-13-16-9-6-10-17(14-18)19(16)21/h3-5,7-8,16-19H,2,6,9-14,21H2,1H3. The molecular weight excluding hydrogens is 284 g/mol. The lowest BCUT2D eigenvalue weighted by atomic mass is 9.65. The summed E-state index contributed by atoms with van der Waals surface area (Å²) in [4.78, 5) is 15.0. The van der Waals surface area contributed by atoms with Crippen LogP contribution in [-0.2, 0) is 11.2 Å². The zero-order chi connectivity index (χ0) is 16.2. The van der Waals surface area contributed by atoms with Gasteiger partial charge in [-0.15, -0.1) is 0 Å². The molecule has 2 N–H and O–H groups in total. The molecule has 1 amide bonds. The first kappa shape index (κ1) is 16.5. The first-order valence-electron chi connectivity index (χ1n) is 9.27. The van der Waals surface area contributed by atoms with E-state index in [0.717, 1.165) is 32.4 Å². The molecule has 0 aliphatic heterocycles. The topological polar surface area (TPSA) is 46.3 Å². The summed E-state index contributed by atoms with van der Waals surface area (Å²) in [5.41, 5.74) is 7.67. The molecule has 3 heteroatoms. The number of benzene rings is 1. The van der Waals surface area contributed by atoms with Gasteiger partial charge in [0.2, 0.25) is 5.91 Å². The van der Waals surface area contributed by atoms with Gasteiger partial charge >= 0.3 is 0 Å². The third-order valence-corrected chi connectivity index (χ3v) is 5.97. The van der Waals surface area contributed by atoms with Crippen LogP contribution in [0.15, 0.2) is 30.3 Å². The molecule has 2 aliphatic carbocycles. The van der Waals surface area contributed by atoms with Crippen molar-refractivity contribution in [3.05, 3.63) is 35.9 Å². The minimum absolute atomic E-state index is 0.209. The molecule has 1 aromatic carbocycles. The van der Waals surface area contributed by atoms with Crippen LogP contribution < -0.4 is 5.73 Å². The molecule has 2 unspecified atom stereocenters. The molecule has 2 fully saturated rings. The lowest BCUT2D eigenvalue weighted by molar-refractivity contribution is -0.138. The van der Waals surface area contributed by atoms with Gasteiger partial charge < -0.3 is 10.6 Å². The summed E-state index contributed by atoms with van der Waals surface area (Å²) in [6.07, 6.45) is 6.71. The quantitative estimate of drug-likeness (QED) is 0.907. The molecule has 2 bridgehead atoms. The number of amides is 1. The van der Waals surface area contributed by atoms with Crippen molar-refractivity contribution in [2.75, 3.05) is 13.1 Å². The maximum absolute atomic E-state index is 13.0. The highest BCUT2D eigenvalue weighted by Gasteiger charge is 2.41. The lowest BCUT2D eigenvalue weighted by Gasteiger charge is -2.44. The summed E-state index contributed by atoms with van der Waals surface area (Å²) in [5, 5.41) is 0. The SMILES string of the molecule is CCN(CCc1ccccc1)C(=O)C1CC2CCCC(C1)C2N. The van der Waals surface area contributed by atoms with Gasteiger partial charge in [-0.1, -0.05) is 36.8 Å². The molecule has 0 aromatic heterocycles. The summed E-state index contributed by atoms with van der Waals surface area (Å²) in [5.74, 6) is 1.72. The van der Waals surface area contributed by atoms with Gasteiger partial charge in [-0.25, -0.2) is 0 Å². The van der Waals surface area contributed by atoms with Crippen molar-refractivity contribution in [2.45, 2.75) is 51.5 Å². The Labute approximate surface area is 140 Å². The minimum atomic E-state index is 0.209. The van der Waals surface area contributed by atoms with E-state index in [-0.39, 0.29) is 5.92 Å². The number of likely N-dealkylation sites (N-methyl/N-ethyl adjacent to an activating group) is 1. The molecule has 2 saturated carbocycles. The van der Waals surface area contributed by atoms with Crippen molar-refractivity contribution in [2.24, 2.45) is 23.5 Å². The maximum atomic E-state index is 13.0. The monoisotopic (exact) mass is 314 g/mol. The van der Waals surface area contributed by atoms with E-state index in [1.54, 1.807) is 0 Å². The van der Waals surface area contributed by atoms with E-state index in [2.05, 4.69) is 36.1 Å². The Morgan fingerprint density at radius 1 is 1.17 bits per heavy atom. The van der Waals surface area contributed by atoms with Crippen LogP contribution >= 0.6 is 0 Å². The number of carbonyl (C=O) groups excluding carboxylic acids is 1. The molecule has 0 heterocycles. The number of nitrogens with zero attached hydrogens (tertiary/aromatic N) is 1. The van der Waals surface area contributed by atoms with Crippen molar-refractivity contribution >= 4 is 5.91 Å². The van der Waals surface area contributed by atoms with Crippen LogP contribution in [0.5, 0.6) is 0 Å². The van der Waals surface area contributed by atoms with Crippen LogP contribution in [0.4, 0.5) is 0 Å². The van der Waals surface area contributed by atoms with Crippen LogP contribution in [0.3, 0.4) is 0 Å². The second-order valence-electron chi connectivity index (χ2n) is 7.35. The molecule has 1 aromatic rings. The van der Waals surface area contributed by atoms with Crippen LogP contribution in [0.2, 0.25) is 0 Å². The lowest BCUT2D eigenvalue weighted by Crippen LogP contribution is -2.50. The van der Waals surface area contributed by atoms with Crippen LogP contribution in [0.25, 0.3) is 0 Å². The number of carbonyl (C=O) groups is 1. The Kier molecular flexibility index (Phi) is 5.37. The van der Waals surface area contributed by atoms with E-state index in [1.165, 1.54) is 24.8 Å². The highest BCUT2D eigenvalue weighted by atomic mass is 16.2. The molecule has 3 rings (SSSR count). The number of rotatable bonds is 5. The molecule has 126 valence electrons. The number of nitrogens with two attached hydrogens (primary N) is 1. The van der Waals surface area contributed by atoms with Gasteiger partial charge in [0.25, 0.3) is 0 Å². The Bertz CT molecular complexity index is 502. The third kappa shape index (κ3) is 3.77. The van der Waals surface area contributed by atoms with Gasteiger partial charge in [0.05, 0.1) is 0 Å². The van der Waals surface area contributed by atoms with Crippen molar-refractivity contribution in [1.82, 2.24) is 4.90 Å². The fourth-order valence-corrected chi connectivity index (χ4v) is 4.58. The Morgan fingerprint density at radius 2 is 1.83 bits per heavy atom. The fourth-order valence-electron chi connectivity index (χ4n) is 4.58. The molecular formula is C20H30N2O. The van der Waals surface area contributed by atoms with E-state index in [1.807, 2.05) is 6.07 Å². The third-order valence-electron chi connectivity index (χ3n) is 5.97. The van der Waals surface area contributed by atoms with E-state index in [0.29, 0.717) is 23.8 Å². The van der Waals surface area contributed by atoms with E-state index >= 15 is 0 Å². The van der Waals surface area contributed by atoms with Gasteiger partial charge in [-0.3, -0.25) is 4.79 Å². The highest BCUT2D eigenvalue weighted by molar-refractivity contribution is 5.79. The number of fused-ring (bicyclic) bond motifs is 2. The predicted molar refractivity (Wildman–Crippen MR) is 93.9 cm³/mol. The number of hydrogen-bond donors (Lipinski definition) is 1. The summed E-state index contributed by atoms with van der Waals surface area (Å²) in [6.45, 7) is 3.74. The zero-order valence-electron chi connectivity index (χ0n) is 14.3. The van der Waals surface area contributed by atoms with Crippen LogP contribution in [0, 0.1) is 17.8 Å². The number of hydrogen-bond acceptors (Lipinski definition) is 2. The summed E-state index contributed by atoms with van der Waals surface area (Å²) in [7, 11) is 0. The highest BCUT2D eigenvalue weighted by Crippen LogP contribution is 2.42. The van der Waals surface area contributed by atoms with Crippen molar-refractivity contribution in [3.63, 3.8) is 0 Å². The van der Waals surface area contributed by atoms with Crippen LogP contribution in [-0.4, -0.2) is 29.9 Å². The van der Waals surface area contributed by atoms with Gasteiger partial charge in [0.1, 0.15) is 0 Å². The van der Waals surface area contributed by atoms with Gasteiger partial charge in [0.15, 0.2) is 0 Å². The molecule has 0 radical (unpaired) electrons. The van der Waals surface area contributed by atoms with E-state index in [4.69, 9.17) is 5.73 Å². The first-order valence-corrected chi connectivity index (χ1v) is 9.27. The Balaban J connectivity index is 1.59. The van der Waals surface area contributed by atoms with Gasteiger partial charge in [-0.05, 0) is 56.4 Å². The summed E-state index contributed by atoms with van der Waals surface area (Å²) >= 11 is 0. The maximum Gasteiger partial charge on any atom is 0.225 e. The first-order chi connectivity index (χ1) is 11.2. The van der Waals surface area contributed by atoms with Crippen LogP contribution in [0.1, 0.15) is 44.6 Å². The van der Waals surface area contributed by atoms with E-state index in [9.17, 15) is 4.79 Å². The zero-order valence-corrected chi connectivity index (χ0v) is 14.3. The molecule has 0 saturated heterocycles. The summed E-state index contributed by atoms with van der Waals surface area (Å²) < 4.78 is 0. The average Bonchev–Trinajstić information content (AvgIpc) is 2.56. The van der Waals surface area contributed by atoms with Gasteiger partial charge in [0, 0.05) is 25.0 Å². The minimum Gasteiger partial charge on any atom is -0.342 e. The van der Waals surface area contributed by atoms with E-state index < -0.39 is 0 Å². The van der Waals surface area contributed by atoms with Crippen molar-refractivity contribution < 1.29 is 4.79 Å². The molecule has 3 nitrogen and oxygen atoms in total. The largest absolute Gasteiger partial charge is 0.342 e. The second-order valence-corrected chi connectivity index (χ2v) is 7.35. The van der Waals surface area contributed by atoms with Crippen molar-refractivity contribution in [3.8, 4) is 0 Å². The fraction of sp³-hybridized carbons (Fsp3) is 0.650. The normalized spacial score (nSPS) is 30.0. The summed E-state index contributed by atoms with van der Waals surface area (Å²) in [6, 6.07) is 10.8. The molecule has 2 atom stereocenters. The Morgan fingerprint density at radius 3 is 2.43 bits per heavy atom. The molecule has 0 spiro atoms. The predicted octanol–water partition coefficient (Wildman–Crippen LogP) is 3.23. The van der Waals surface area contributed by atoms with Crippen molar-refractivity contribution in [1.29, 1.82) is 0 Å². The Hall–Kier alpha value is -1.35. The molecule has 2 aliphatic rings. The molecule has 23 heavy (non-hydrogen) atoms. The second kappa shape index (κ2) is 7.48. The smallest absolute Gasteiger partial charge is 0.225 e. The average molecular weight is 314 g/mol.